The van der Waals surface area contributed by atoms with Crippen LogP contribution in [0.1, 0.15) is 75.6 Å². The Labute approximate surface area is 177 Å². The fourth-order valence-corrected chi connectivity index (χ4v) is 4.71. The predicted molar refractivity (Wildman–Crippen MR) is 123 cm³/mol. The van der Waals surface area contributed by atoms with Crippen LogP contribution in [0.4, 0.5) is 0 Å². The van der Waals surface area contributed by atoms with Gasteiger partial charge in [-0.2, -0.15) is 0 Å². The van der Waals surface area contributed by atoms with Crippen LogP contribution in [0.3, 0.4) is 0 Å². The molecule has 0 saturated carbocycles. The highest BCUT2D eigenvalue weighted by molar-refractivity contribution is 6.62. The summed E-state index contributed by atoms with van der Waals surface area (Å²) in [6.07, 6.45) is 3.81. The van der Waals surface area contributed by atoms with Gasteiger partial charge in [0.05, 0.1) is 11.2 Å². The Morgan fingerprint density at radius 1 is 0.690 bits per heavy atom. The van der Waals surface area contributed by atoms with Crippen LogP contribution in [0.25, 0.3) is 0 Å². The van der Waals surface area contributed by atoms with E-state index >= 15 is 0 Å². The Bertz CT molecular complexity index is 877. The average Bonchev–Trinajstić information content (AvgIpc) is 3.08. The van der Waals surface area contributed by atoms with Crippen LogP contribution in [0.15, 0.2) is 42.5 Å². The molecule has 0 N–H and O–H groups in total. The molecule has 2 aromatic rings. The molecule has 0 aromatic heterocycles. The van der Waals surface area contributed by atoms with Crippen molar-refractivity contribution >= 4 is 12.6 Å². The summed E-state index contributed by atoms with van der Waals surface area (Å²) >= 11 is 0. The van der Waals surface area contributed by atoms with Crippen molar-refractivity contribution in [3.63, 3.8) is 0 Å². The summed E-state index contributed by atoms with van der Waals surface area (Å²) < 4.78 is 13.3. The minimum absolute atomic E-state index is 0.237. The van der Waals surface area contributed by atoms with E-state index in [0.29, 0.717) is 0 Å². The number of rotatable bonds is 5. The quantitative estimate of drug-likeness (QED) is 0.493. The van der Waals surface area contributed by atoms with E-state index in [9.17, 15) is 0 Å². The van der Waals surface area contributed by atoms with E-state index < -0.39 is 0 Å². The standard InChI is InChI=1S/C26H33BO2/c1-7-25(8-2)26(9-3,10-4)29-27(28-25)24-18-21(6)17-23(19-24)16-15-22-13-11-20(5)12-14-22/h11-14,17-19H,7-10H2,1-6H3. The van der Waals surface area contributed by atoms with Crippen LogP contribution in [0, 0.1) is 25.7 Å². The third-order valence-electron chi connectivity index (χ3n) is 6.55. The molecule has 1 aliphatic rings. The fraction of sp³-hybridized carbons (Fsp3) is 0.462. The van der Waals surface area contributed by atoms with Crippen molar-refractivity contribution < 1.29 is 9.31 Å². The van der Waals surface area contributed by atoms with Crippen LogP contribution >= 0.6 is 0 Å². The van der Waals surface area contributed by atoms with Gasteiger partial charge in [-0.15, -0.1) is 0 Å². The maximum Gasteiger partial charge on any atom is 0.494 e. The number of hydrogen-bond acceptors (Lipinski definition) is 2. The molecule has 0 spiro atoms. The molecule has 0 bridgehead atoms. The van der Waals surface area contributed by atoms with Crippen molar-refractivity contribution in [3.8, 4) is 11.8 Å². The van der Waals surface area contributed by atoms with Crippen molar-refractivity contribution in [2.75, 3.05) is 0 Å². The monoisotopic (exact) mass is 388 g/mol. The second-order valence-electron chi connectivity index (χ2n) is 8.22. The molecule has 29 heavy (non-hydrogen) atoms. The first kappa shape index (κ1) is 21.7. The third-order valence-corrected chi connectivity index (χ3v) is 6.55. The number of hydrogen-bond donors (Lipinski definition) is 0. The van der Waals surface area contributed by atoms with Crippen molar-refractivity contribution in [3.05, 3.63) is 64.7 Å². The van der Waals surface area contributed by atoms with Gasteiger partial charge in [0.15, 0.2) is 0 Å². The van der Waals surface area contributed by atoms with Crippen LogP contribution in [0.2, 0.25) is 0 Å². The van der Waals surface area contributed by atoms with Crippen molar-refractivity contribution in [1.82, 2.24) is 0 Å². The lowest BCUT2D eigenvalue weighted by atomic mass is 9.75. The number of benzene rings is 2. The van der Waals surface area contributed by atoms with Gasteiger partial charge in [0.1, 0.15) is 0 Å². The molecule has 1 aliphatic heterocycles. The SMILES string of the molecule is CCC1(CC)OB(c2cc(C)cc(C#Cc3ccc(C)cc3)c2)OC1(CC)CC. The van der Waals surface area contributed by atoms with Gasteiger partial charge in [-0.05, 0) is 69.3 Å². The molecule has 3 heteroatoms. The topological polar surface area (TPSA) is 18.5 Å². The molecular weight excluding hydrogens is 355 g/mol. The summed E-state index contributed by atoms with van der Waals surface area (Å²) in [7, 11) is -0.338. The lowest BCUT2D eigenvalue weighted by Gasteiger charge is -2.42. The van der Waals surface area contributed by atoms with Gasteiger partial charge >= 0.3 is 7.12 Å². The minimum atomic E-state index is -0.338. The molecular formula is C26H33BO2. The van der Waals surface area contributed by atoms with E-state index in [0.717, 1.165) is 42.3 Å². The summed E-state index contributed by atoms with van der Waals surface area (Å²) in [6, 6.07) is 14.7. The van der Waals surface area contributed by atoms with E-state index in [1.54, 1.807) is 0 Å². The van der Waals surface area contributed by atoms with Gasteiger partial charge in [0.2, 0.25) is 0 Å². The zero-order valence-electron chi connectivity index (χ0n) is 18.8. The first-order valence-corrected chi connectivity index (χ1v) is 11.0. The molecule has 0 unspecified atom stereocenters. The molecule has 0 radical (unpaired) electrons. The summed E-state index contributed by atoms with van der Waals surface area (Å²) in [5.41, 5.74) is 5.03. The number of aryl methyl sites for hydroxylation is 2. The van der Waals surface area contributed by atoms with Gasteiger partial charge < -0.3 is 9.31 Å². The minimum Gasteiger partial charge on any atom is -0.399 e. The molecule has 1 heterocycles. The van der Waals surface area contributed by atoms with Gasteiger partial charge in [-0.3, -0.25) is 0 Å². The first-order valence-electron chi connectivity index (χ1n) is 11.0. The molecule has 1 saturated heterocycles. The highest BCUT2D eigenvalue weighted by atomic mass is 16.7. The van der Waals surface area contributed by atoms with Crippen LogP contribution in [-0.2, 0) is 9.31 Å². The van der Waals surface area contributed by atoms with Crippen molar-refractivity contribution in [2.45, 2.75) is 78.4 Å². The van der Waals surface area contributed by atoms with E-state index in [4.69, 9.17) is 9.31 Å². The van der Waals surface area contributed by atoms with E-state index in [1.165, 1.54) is 11.1 Å². The lowest BCUT2D eigenvalue weighted by Crippen LogP contribution is -2.50. The van der Waals surface area contributed by atoms with E-state index in [-0.39, 0.29) is 18.3 Å². The van der Waals surface area contributed by atoms with Gasteiger partial charge in [-0.1, -0.05) is 68.9 Å². The van der Waals surface area contributed by atoms with E-state index in [1.807, 2.05) is 0 Å². The van der Waals surface area contributed by atoms with Crippen molar-refractivity contribution in [1.29, 1.82) is 0 Å². The zero-order chi connectivity index (χ0) is 21.1. The highest BCUT2D eigenvalue weighted by Gasteiger charge is 2.58. The third kappa shape index (κ3) is 4.15. The van der Waals surface area contributed by atoms with Gasteiger partial charge in [-0.25, -0.2) is 0 Å². The van der Waals surface area contributed by atoms with Crippen molar-refractivity contribution in [2.24, 2.45) is 0 Å². The smallest absolute Gasteiger partial charge is 0.399 e. The van der Waals surface area contributed by atoms with Crippen LogP contribution in [0.5, 0.6) is 0 Å². The largest absolute Gasteiger partial charge is 0.494 e. The molecule has 152 valence electrons. The van der Waals surface area contributed by atoms with Gasteiger partial charge in [0, 0.05) is 11.1 Å². The Balaban J connectivity index is 1.93. The lowest BCUT2D eigenvalue weighted by molar-refractivity contribution is -0.0601. The Morgan fingerprint density at radius 2 is 1.21 bits per heavy atom. The summed E-state index contributed by atoms with van der Waals surface area (Å²) in [4.78, 5) is 0. The van der Waals surface area contributed by atoms with Crippen LogP contribution in [-0.4, -0.2) is 18.3 Å². The molecule has 0 atom stereocenters. The van der Waals surface area contributed by atoms with E-state index in [2.05, 4.69) is 95.8 Å². The second kappa shape index (κ2) is 8.78. The summed E-state index contributed by atoms with van der Waals surface area (Å²) in [6.45, 7) is 13.0. The van der Waals surface area contributed by atoms with Crippen LogP contribution < -0.4 is 5.46 Å². The molecule has 2 aromatic carbocycles. The Kier molecular flexibility index (Phi) is 6.57. The highest BCUT2D eigenvalue weighted by Crippen LogP contribution is 2.46. The second-order valence-corrected chi connectivity index (χ2v) is 8.22. The Morgan fingerprint density at radius 3 is 1.72 bits per heavy atom. The molecule has 0 amide bonds. The molecule has 2 nitrogen and oxygen atoms in total. The maximum absolute atomic E-state index is 6.65. The fourth-order valence-electron chi connectivity index (χ4n) is 4.71. The first-order chi connectivity index (χ1) is 13.9. The Hall–Kier alpha value is -2.02. The molecule has 1 fully saturated rings. The molecule has 0 aliphatic carbocycles. The van der Waals surface area contributed by atoms with Gasteiger partial charge in [0.25, 0.3) is 0 Å². The maximum atomic E-state index is 6.65. The summed E-state index contributed by atoms with van der Waals surface area (Å²) in [5, 5.41) is 0. The normalized spacial score (nSPS) is 17.1. The average molecular weight is 388 g/mol. The molecule has 3 rings (SSSR count). The zero-order valence-corrected chi connectivity index (χ0v) is 18.8. The summed E-state index contributed by atoms with van der Waals surface area (Å²) in [5.74, 6) is 6.60. The predicted octanol–water partition coefficient (Wildman–Crippen LogP) is 5.56.